The van der Waals surface area contributed by atoms with Gasteiger partial charge in [-0.3, -0.25) is 0 Å². The van der Waals surface area contributed by atoms with Gasteiger partial charge >= 0.3 is 0 Å². The first-order valence-corrected chi connectivity index (χ1v) is 6.23. The van der Waals surface area contributed by atoms with Gasteiger partial charge in [-0.05, 0) is 39.4 Å². The molecule has 1 atom stereocenters. The highest BCUT2D eigenvalue weighted by atomic mass is 19.1. The molecule has 0 aliphatic rings. The molecule has 0 saturated heterocycles. The lowest BCUT2D eigenvalue weighted by Gasteiger charge is -2.28. The summed E-state index contributed by atoms with van der Waals surface area (Å²) in [5, 5.41) is 3.27. The van der Waals surface area contributed by atoms with Crippen LogP contribution in [0.3, 0.4) is 0 Å². The lowest BCUT2D eigenvalue weighted by atomic mass is 10.0. The molecule has 0 saturated carbocycles. The zero-order valence-corrected chi connectivity index (χ0v) is 11.4. The molecule has 0 aromatic heterocycles. The Morgan fingerprint density at radius 3 is 2.47 bits per heavy atom. The van der Waals surface area contributed by atoms with Crippen LogP contribution in [0.5, 0.6) is 0 Å². The molecule has 0 amide bonds. The normalized spacial score (nSPS) is 12.9. The Morgan fingerprint density at radius 2 is 1.94 bits per heavy atom. The molecule has 17 heavy (non-hydrogen) atoms. The van der Waals surface area contributed by atoms with E-state index in [-0.39, 0.29) is 11.9 Å². The second-order valence-corrected chi connectivity index (χ2v) is 4.66. The van der Waals surface area contributed by atoms with E-state index in [1.165, 1.54) is 6.07 Å². The highest BCUT2D eigenvalue weighted by Gasteiger charge is 2.18. The van der Waals surface area contributed by atoms with Crippen LogP contribution < -0.4 is 10.2 Å². The van der Waals surface area contributed by atoms with E-state index in [0.29, 0.717) is 6.04 Å². The van der Waals surface area contributed by atoms with Crippen LogP contribution in [0.25, 0.3) is 0 Å². The quantitative estimate of drug-likeness (QED) is 0.846. The first kappa shape index (κ1) is 14.0. The highest BCUT2D eigenvalue weighted by Crippen LogP contribution is 2.29. The van der Waals surface area contributed by atoms with Gasteiger partial charge in [0.2, 0.25) is 0 Å². The smallest absolute Gasteiger partial charge is 0.130 e. The third-order valence-corrected chi connectivity index (χ3v) is 3.13. The summed E-state index contributed by atoms with van der Waals surface area (Å²) in [7, 11) is 2.00. The van der Waals surface area contributed by atoms with Gasteiger partial charge in [-0.2, -0.15) is 0 Å². The number of halogens is 1. The summed E-state index contributed by atoms with van der Waals surface area (Å²) < 4.78 is 14.0. The van der Waals surface area contributed by atoms with Gasteiger partial charge in [-0.15, -0.1) is 0 Å². The monoisotopic (exact) mass is 238 g/mol. The minimum atomic E-state index is -0.136. The fourth-order valence-electron chi connectivity index (χ4n) is 1.95. The largest absolute Gasteiger partial charge is 0.372 e. The van der Waals surface area contributed by atoms with E-state index in [4.69, 9.17) is 0 Å². The molecular weight excluding hydrogens is 215 g/mol. The van der Waals surface area contributed by atoms with Gasteiger partial charge in [-0.1, -0.05) is 13.0 Å². The van der Waals surface area contributed by atoms with Gasteiger partial charge < -0.3 is 10.2 Å². The number of hydrogen-bond donors (Lipinski definition) is 1. The number of rotatable bonds is 5. The topological polar surface area (TPSA) is 15.3 Å². The van der Waals surface area contributed by atoms with Crippen molar-refractivity contribution in [3.05, 3.63) is 29.6 Å². The predicted octanol–water partition coefficient (Wildman–Crippen LogP) is 3.34. The number of benzene rings is 1. The number of anilines is 1. The lowest BCUT2D eigenvalue weighted by molar-refractivity contribution is 0.538. The summed E-state index contributed by atoms with van der Waals surface area (Å²) in [6.45, 7) is 9.07. The molecule has 0 aliphatic carbocycles. The van der Waals surface area contributed by atoms with E-state index in [0.717, 1.165) is 17.8 Å². The molecule has 0 radical (unpaired) electrons. The minimum Gasteiger partial charge on any atom is -0.372 e. The molecule has 1 aromatic rings. The molecule has 0 aliphatic heterocycles. The van der Waals surface area contributed by atoms with E-state index >= 15 is 0 Å². The fraction of sp³-hybridized carbons (Fsp3) is 0.571. The zero-order valence-electron chi connectivity index (χ0n) is 11.4. The Morgan fingerprint density at radius 1 is 1.29 bits per heavy atom. The fourth-order valence-corrected chi connectivity index (χ4v) is 1.95. The van der Waals surface area contributed by atoms with Crippen LogP contribution >= 0.6 is 0 Å². The van der Waals surface area contributed by atoms with Gasteiger partial charge in [0, 0.05) is 30.4 Å². The van der Waals surface area contributed by atoms with Crippen LogP contribution in [0.15, 0.2) is 18.2 Å². The van der Waals surface area contributed by atoms with Crippen LogP contribution in [0.4, 0.5) is 10.1 Å². The van der Waals surface area contributed by atoms with E-state index in [9.17, 15) is 4.39 Å². The second-order valence-electron chi connectivity index (χ2n) is 4.66. The second kappa shape index (κ2) is 6.01. The Balaban J connectivity index is 3.16. The number of nitrogens with one attached hydrogen (secondary N) is 1. The van der Waals surface area contributed by atoms with Crippen molar-refractivity contribution in [2.45, 2.75) is 39.8 Å². The average molecular weight is 238 g/mol. The molecule has 0 heterocycles. The van der Waals surface area contributed by atoms with Gasteiger partial charge in [-0.25, -0.2) is 4.39 Å². The van der Waals surface area contributed by atoms with Crippen molar-refractivity contribution in [1.29, 1.82) is 0 Å². The van der Waals surface area contributed by atoms with Crippen molar-refractivity contribution in [3.8, 4) is 0 Å². The predicted molar refractivity (Wildman–Crippen MR) is 72.0 cm³/mol. The van der Waals surface area contributed by atoms with Gasteiger partial charge in [0.05, 0.1) is 0 Å². The van der Waals surface area contributed by atoms with Crippen molar-refractivity contribution in [3.63, 3.8) is 0 Å². The first-order valence-electron chi connectivity index (χ1n) is 6.23. The van der Waals surface area contributed by atoms with E-state index in [1.807, 2.05) is 27.0 Å². The highest BCUT2D eigenvalue weighted by molar-refractivity contribution is 5.55. The maximum atomic E-state index is 14.0. The maximum Gasteiger partial charge on any atom is 0.130 e. The van der Waals surface area contributed by atoms with Crippen LogP contribution in [0, 0.1) is 5.82 Å². The standard InChI is InChI=1S/C14H23FN2/c1-6-16-11(4)14-12(15)8-7-9-13(14)17(5)10(2)3/h7-11,16H,6H2,1-5H3. The molecular formula is C14H23FN2. The molecule has 1 N–H and O–H groups in total. The Kier molecular flexibility index (Phi) is 4.94. The van der Waals surface area contributed by atoms with Crippen molar-refractivity contribution >= 4 is 5.69 Å². The molecule has 0 bridgehead atoms. The molecule has 96 valence electrons. The van der Waals surface area contributed by atoms with E-state index < -0.39 is 0 Å². The van der Waals surface area contributed by atoms with Gasteiger partial charge in [0.15, 0.2) is 0 Å². The van der Waals surface area contributed by atoms with Gasteiger partial charge in [0.25, 0.3) is 0 Å². The Bertz CT molecular complexity index is 363. The zero-order chi connectivity index (χ0) is 13.0. The Labute approximate surface area is 104 Å². The van der Waals surface area contributed by atoms with Crippen molar-refractivity contribution < 1.29 is 4.39 Å². The minimum absolute atomic E-state index is 0.0254. The average Bonchev–Trinajstić information content (AvgIpc) is 2.27. The molecule has 0 fully saturated rings. The lowest BCUT2D eigenvalue weighted by Crippen LogP contribution is -2.29. The van der Waals surface area contributed by atoms with Crippen molar-refractivity contribution in [2.75, 3.05) is 18.5 Å². The summed E-state index contributed by atoms with van der Waals surface area (Å²) in [6, 6.07) is 5.65. The summed E-state index contributed by atoms with van der Waals surface area (Å²) in [4.78, 5) is 2.10. The van der Waals surface area contributed by atoms with Crippen molar-refractivity contribution in [1.82, 2.24) is 5.32 Å². The maximum absolute atomic E-state index is 14.0. The van der Waals surface area contributed by atoms with Crippen LogP contribution in [0.2, 0.25) is 0 Å². The molecule has 0 spiro atoms. The summed E-state index contributed by atoms with van der Waals surface area (Å²) in [5.41, 5.74) is 1.72. The molecule has 1 aromatic carbocycles. The third-order valence-electron chi connectivity index (χ3n) is 3.13. The van der Waals surface area contributed by atoms with Crippen molar-refractivity contribution in [2.24, 2.45) is 0 Å². The SMILES string of the molecule is CCNC(C)c1c(F)cccc1N(C)C(C)C. The first-order chi connectivity index (χ1) is 7.99. The van der Waals surface area contributed by atoms with Crippen LogP contribution in [0.1, 0.15) is 39.3 Å². The summed E-state index contributed by atoms with van der Waals surface area (Å²) in [5.74, 6) is -0.136. The van der Waals surface area contributed by atoms with Gasteiger partial charge in [0.1, 0.15) is 5.82 Å². The van der Waals surface area contributed by atoms with Crippen LogP contribution in [-0.4, -0.2) is 19.6 Å². The summed E-state index contributed by atoms with van der Waals surface area (Å²) >= 11 is 0. The summed E-state index contributed by atoms with van der Waals surface area (Å²) in [6.07, 6.45) is 0. The molecule has 3 heteroatoms. The molecule has 1 unspecified atom stereocenters. The molecule has 1 rings (SSSR count). The molecule has 2 nitrogen and oxygen atoms in total. The van der Waals surface area contributed by atoms with E-state index in [1.54, 1.807) is 6.07 Å². The third kappa shape index (κ3) is 3.19. The Hall–Kier alpha value is -1.09. The van der Waals surface area contributed by atoms with Crippen LogP contribution in [-0.2, 0) is 0 Å². The number of hydrogen-bond acceptors (Lipinski definition) is 2. The number of nitrogens with zero attached hydrogens (tertiary/aromatic N) is 1. The van der Waals surface area contributed by atoms with E-state index in [2.05, 4.69) is 24.1 Å².